The van der Waals surface area contributed by atoms with Gasteiger partial charge in [0, 0.05) is 60.0 Å². The molecule has 25 heteroatoms. The topological polar surface area (TPSA) is 251 Å². The van der Waals surface area contributed by atoms with E-state index in [1.54, 1.807) is 76.9 Å². The molecule has 0 unspecified atom stereocenters. The second kappa shape index (κ2) is 30.8. The number of rotatable bonds is 0. The summed E-state index contributed by atoms with van der Waals surface area (Å²) >= 11 is 0. The minimum absolute atomic E-state index is 0.00347. The van der Waals surface area contributed by atoms with Crippen molar-refractivity contribution in [3.05, 3.63) is 124 Å². The van der Waals surface area contributed by atoms with Crippen LogP contribution in [0.5, 0.6) is 0 Å². The molecule has 9 heterocycles. The molecule has 81 heavy (non-hydrogen) atoms. The molecular formula is C56H101N25. The van der Waals surface area contributed by atoms with E-state index in [4.69, 9.17) is 0 Å². The predicted molar refractivity (Wildman–Crippen MR) is 320 cm³/mol. The van der Waals surface area contributed by atoms with Gasteiger partial charge in [-0.2, -0.15) is 30.0 Å². The van der Waals surface area contributed by atoms with Crippen LogP contribution >= 0.6 is 0 Å². The summed E-state index contributed by atoms with van der Waals surface area (Å²) in [7, 11) is 0. The zero-order valence-corrected chi connectivity index (χ0v) is 54.2. The number of nitrogens with zero attached hydrogens (tertiary/aromatic N) is 25. The summed E-state index contributed by atoms with van der Waals surface area (Å²) in [5, 5.41) is 53.0. The van der Waals surface area contributed by atoms with Crippen LogP contribution in [0.25, 0.3) is 0 Å². The van der Waals surface area contributed by atoms with Crippen molar-refractivity contribution in [3.63, 3.8) is 0 Å². The smallest absolute Gasteiger partial charge is 0.162 e. The van der Waals surface area contributed by atoms with Crippen LogP contribution in [-0.2, 0) is 49.9 Å². The minimum atomic E-state index is -0.0451. The fraction of sp³-hybridized carbons (Fsp3) is 0.643. The average Bonchev–Trinajstić information content (AvgIpc) is 4.21. The Balaban J connectivity index is 0.000000456. The number of hydrogen-bond donors (Lipinski definition) is 0. The van der Waals surface area contributed by atoms with E-state index < -0.39 is 0 Å². The van der Waals surface area contributed by atoms with Crippen molar-refractivity contribution < 1.29 is 0 Å². The quantitative estimate of drug-likeness (QED) is 0.137. The fourth-order valence-corrected chi connectivity index (χ4v) is 5.28. The van der Waals surface area contributed by atoms with Crippen molar-refractivity contribution in [3.8, 4) is 0 Å². The maximum absolute atomic E-state index is 4.10. The van der Waals surface area contributed by atoms with Gasteiger partial charge >= 0.3 is 0 Å². The Kier molecular flexibility index (Phi) is 27.2. The predicted octanol–water partition coefficient (Wildman–Crippen LogP) is 10.5. The largest absolute Gasteiger partial charge is 0.349 e. The van der Waals surface area contributed by atoms with E-state index in [2.05, 4.69) is 249 Å². The lowest BCUT2D eigenvalue weighted by Crippen LogP contribution is -2.24. The summed E-state index contributed by atoms with van der Waals surface area (Å²) in [6, 6.07) is 6.03. The molecule has 0 saturated carbocycles. The molecule has 0 radical (unpaired) electrons. The van der Waals surface area contributed by atoms with Gasteiger partial charge in [-0.25, -0.2) is 24.0 Å². The van der Waals surface area contributed by atoms with Crippen LogP contribution in [0, 0.1) is 0 Å². The number of hydrogen-bond acceptors (Lipinski definition) is 16. The van der Waals surface area contributed by atoms with E-state index >= 15 is 0 Å². The number of aromatic nitrogens is 25. The first kappa shape index (κ1) is 71.4. The van der Waals surface area contributed by atoms with Gasteiger partial charge in [0.05, 0.1) is 58.2 Å². The van der Waals surface area contributed by atoms with E-state index in [1.165, 1.54) is 6.33 Å². The molecule has 0 aliphatic rings. The lowest BCUT2D eigenvalue weighted by molar-refractivity contribution is 0.306. The Morgan fingerprint density at radius 2 is 0.765 bits per heavy atom. The zero-order chi connectivity index (χ0) is 62.2. The first-order valence-electron chi connectivity index (χ1n) is 27.0. The molecule has 25 nitrogen and oxygen atoms in total. The Morgan fingerprint density at radius 1 is 0.247 bits per heavy atom. The summed E-state index contributed by atoms with van der Waals surface area (Å²) in [6.07, 6.45) is 30.2. The molecule has 9 aromatic heterocycles. The van der Waals surface area contributed by atoms with Crippen LogP contribution in [0.3, 0.4) is 0 Å². The molecule has 9 aromatic rings. The standard InChI is InChI=1S/C8H13N.2C7H12N2.4C6H11N3.2C5H10N4/c1-8(2,3)9-6-4-5-7-9;1-7(2,3)9-5-4-8-6-9;1-7(2,3)9-6-4-5-8-9;1-6(2,3)9-4-7-8-5-9;1-6(2,3)9-5-7-4-8-9;1-6(2,3)9-5-4-7-8-9;1-6(2,3)9-7-4-5-8-9;1-5(2,3)9-4-6-7-8-9;1-5(2,3)9-7-4-6-8-9/h4-7H,1-3H3;2*4-6H,1-3H3;4*4-5H,1-3H3;2*4H,1-3H3. The Hall–Kier alpha value is -7.60. The van der Waals surface area contributed by atoms with Crippen LogP contribution in [0.4, 0.5) is 0 Å². The third-order valence-electron chi connectivity index (χ3n) is 10.3. The summed E-state index contributed by atoms with van der Waals surface area (Å²) in [5.74, 6) is 0. The van der Waals surface area contributed by atoms with E-state index in [1.807, 2.05) is 103 Å². The fourth-order valence-electron chi connectivity index (χ4n) is 5.28. The number of imidazole rings is 1. The molecule has 0 N–H and O–H groups in total. The normalized spacial score (nSPS) is 11.9. The maximum Gasteiger partial charge on any atom is 0.162 e. The Bertz CT molecular complexity index is 2170. The molecule has 0 amide bonds. The highest BCUT2D eigenvalue weighted by atomic mass is 15.6. The molecule has 0 fully saturated rings. The van der Waals surface area contributed by atoms with Crippen molar-refractivity contribution in [1.29, 1.82) is 0 Å². The first-order valence-corrected chi connectivity index (χ1v) is 27.0. The van der Waals surface area contributed by atoms with Gasteiger partial charge in [0.15, 0.2) is 6.33 Å². The molecule has 0 atom stereocenters. The molecule has 9 rings (SSSR count). The highest BCUT2D eigenvalue weighted by Gasteiger charge is 2.17. The van der Waals surface area contributed by atoms with Gasteiger partial charge in [-0.15, -0.1) is 30.6 Å². The lowest BCUT2D eigenvalue weighted by Gasteiger charge is -2.20. The highest BCUT2D eigenvalue weighted by Crippen LogP contribution is 2.15. The minimum Gasteiger partial charge on any atom is -0.349 e. The summed E-state index contributed by atoms with van der Waals surface area (Å²) in [4.78, 5) is 11.1. The van der Waals surface area contributed by atoms with Gasteiger partial charge in [0.2, 0.25) is 0 Å². The zero-order valence-electron chi connectivity index (χ0n) is 54.2. The van der Waals surface area contributed by atoms with Crippen LogP contribution in [-0.4, -0.2) is 124 Å². The average molecular weight is 1120 g/mol. The van der Waals surface area contributed by atoms with Crippen LogP contribution in [0.15, 0.2) is 124 Å². The molecule has 0 spiro atoms. The van der Waals surface area contributed by atoms with Crippen LogP contribution in [0.1, 0.15) is 187 Å². The van der Waals surface area contributed by atoms with E-state index in [9.17, 15) is 0 Å². The third-order valence-corrected chi connectivity index (χ3v) is 10.3. The monoisotopic (exact) mass is 1120 g/mol. The maximum atomic E-state index is 4.10. The molecule has 0 aliphatic heterocycles. The second-order valence-corrected chi connectivity index (χ2v) is 27.4. The van der Waals surface area contributed by atoms with Gasteiger partial charge in [0.25, 0.3) is 0 Å². The first-order chi connectivity index (χ1) is 36.9. The lowest BCUT2D eigenvalue weighted by atomic mass is 10.1. The van der Waals surface area contributed by atoms with E-state index in [-0.39, 0.29) is 49.9 Å². The van der Waals surface area contributed by atoms with Gasteiger partial charge in [-0.1, -0.05) is 5.21 Å². The summed E-state index contributed by atoms with van der Waals surface area (Å²) in [5.41, 5.74) is 0.767. The second-order valence-electron chi connectivity index (χ2n) is 27.4. The molecule has 450 valence electrons. The van der Waals surface area contributed by atoms with E-state index in [0.717, 1.165) is 0 Å². The third kappa shape index (κ3) is 30.0. The van der Waals surface area contributed by atoms with Gasteiger partial charge in [0.1, 0.15) is 31.6 Å². The molecular weight excluding hydrogens is 1020 g/mol. The highest BCUT2D eigenvalue weighted by molar-refractivity contribution is 4.94. The van der Waals surface area contributed by atoms with Gasteiger partial charge in [-0.3, -0.25) is 4.68 Å². The summed E-state index contributed by atoms with van der Waals surface area (Å²) < 4.78 is 13.5. The van der Waals surface area contributed by atoms with E-state index in [0.29, 0.717) is 0 Å². The Morgan fingerprint density at radius 3 is 0.988 bits per heavy atom. The molecule has 0 bridgehead atoms. The van der Waals surface area contributed by atoms with Gasteiger partial charge in [-0.05, 0) is 221 Å². The van der Waals surface area contributed by atoms with Crippen molar-refractivity contribution in [1.82, 2.24) is 124 Å². The van der Waals surface area contributed by atoms with Gasteiger partial charge < -0.3 is 13.7 Å². The van der Waals surface area contributed by atoms with Crippen molar-refractivity contribution >= 4 is 0 Å². The molecule has 0 aliphatic carbocycles. The SMILES string of the molecule is CC(C)(C)n1cccc1.CC(C)(C)n1cccn1.CC(C)(C)n1ccnc1.CC(C)(C)n1ccnn1.CC(C)(C)n1cncn1.CC(C)(C)n1cnnc1.CC(C)(C)n1cnnn1.CC(C)(C)n1nccn1.CC(C)(C)n1ncnn1. The summed E-state index contributed by atoms with van der Waals surface area (Å²) in [6.45, 7) is 56.6. The van der Waals surface area contributed by atoms with Crippen molar-refractivity contribution in [2.45, 2.75) is 237 Å². The van der Waals surface area contributed by atoms with Crippen LogP contribution < -0.4 is 0 Å². The Labute approximate surface area is 483 Å². The van der Waals surface area contributed by atoms with Crippen LogP contribution in [0.2, 0.25) is 0 Å². The molecule has 0 aromatic carbocycles. The number of tetrazole rings is 2. The van der Waals surface area contributed by atoms with Crippen molar-refractivity contribution in [2.75, 3.05) is 0 Å². The molecule has 0 saturated heterocycles. The van der Waals surface area contributed by atoms with Crippen molar-refractivity contribution in [2.24, 2.45) is 0 Å².